The van der Waals surface area contributed by atoms with Crippen LogP contribution in [0.15, 0.2) is 97.1 Å². The van der Waals surface area contributed by atoms with E-state index in [0.717, 1.165) is 43.5 Å². The van der Waals surface area contributed by atoms with Gasteiger partial charge in [0.2, 0.25) is 0 Å². The Morgan fingerprint density at radius 1 is 0.857 bits per heavy atom. The molecule has 0 aliphatic heterocycles. The van der Waals surface area contributed by atoms with Crippen molar-refractivity contribution in [3.8, 4) is 5.75 Å². The zero-order chi connectivity index (χ0) is 29.3. The van der Waals surface area contributed by atoms with Crippen LogP contribution in [0, 0.1) is 0 Å². The first-order chi connectivity index (χ1) is 20.5. The van der Waals surface area contributed by atoms with Crippen molar-refractivity contribution < 1.29 is 19.4 Å². The number of aryl methyl sites for hydroxylation is 3. The number of benzene rings is 4. The molecule has 0 aromatic heterocycles. The number of rotatable bonds is 13. The number of aliphatic carboxylic acids is 1. The van der Waals surface area contributed by atoms with E-state index in [9.17, 15) is 9.90 Å². The summed E-state index contributed by atoms with van der Waals surface area (Å²) < 4.78 is 11.5. The molecule has 2 unspecified atom stereocenters. The molecule has 0 spiro atoms. The van der Waals surface area contributed by atoms with Gasteiger partial charge in [-0.2, -0.15) is 0 Å². The third-order valence-corrected chi connectivity index (χ3v) is 8.26. The second-order valence-corrected chi connectivity index (χ2v) is 11.0. The molecule has 1 N–H and O–H groups in total. The van der Waals surface area contributed by atoms with Crippen LogP contribution in [0.25, 0.3) is 0 Å². The van der Waals surface area contributed by atoms with Crippen molar-refractivity contribution in [2.45, 2.75) is 51.2 Å². The molecule has 0 fully saturated rings. The maximum atomic E-state index is 11.4. The van der Waals surface area contributed by atoms with E-state index >= 15 is 0 Å². The lowest BCUT2D eigenvalue weighted by Gasteiger charge is -2.31. The predicted molar refractivity (Wildman–Crippen MR) is 167 cm³/mol. The number of hydrogen-bond donors (Lipinski definition) is 1. The molecule has 1 aliphatic rings. The Hall–Kier alpha value is -3.93. The SMILES string of the molecule is CCOC(Cc1ccc(OCCN(C)C2c3ccccc3CCc3c(CCc4ccccc4)cccc32)cc1)C(=O)O. The monoisotopic (exact) mass is 563 g/mol. The van der Waals surface area contributed by atoms with Gasteiger partial charge in [0.1, 0.15) is 12.4 Å². The van der Waals surface area contributed by atoms with E-state index in [-0.39, 0.29) is 6.04 Å². The average Bonchev–Trinajstić information content (AvgIpc) is 3.18. The molecular weight excluding hydrogens is 522 g/mol. The van der Waals surface area contributed by atoms with Crippen LogP contribution in [0.2, 0.25) is 0 Å². The van der Waals surface area contributed by atoms with Gasteiger partial charge in [0.15, 0.2) is 6.10 Å². The third kappa shape index (κ3) is 7.28. The maximum absolute atomic E-state index is 11.4. The van der Waals surface area contributed by atoms with Crippen molar-refractivity contribution >= 4 is 5.97 Å². The summed E-state index contributed by atoms with van der Waals surface area (Å²) in [6.07, 6.45) is 3.68. The molecule has 4 aromatic carbocycles. The Morgan fingerprint density at radius 2 is 1.60 bits per heavy atom. The zero-order valence-corrected chi connectivity index (χ0v) is 24.7. The first kappa shape index (κ1) is 29.6. The van der Waals surface area contributed by atoms with Gasteiger partial charge in [-0.15, -0.1) is 0 Å². The highest BCUT2D eigenvalue weighted by atomic mass is 16.5. The highest BCUT2D eigenvalue weighted by Crippen LogP contribution is 2.37. The lowest BCUT2D eigenvalue weighted by Crippen LogP contribution is -2.30. The predicted octanol–water partition coefficient (Wildman–Crippen LogP) is 6.70. The number of carboxylic acids is 1. The lowest BCUT2D eigenvalue weighted by atomic mass is 9.89. The van der Waals surface area contributed by atoms with Gasteiger partial charge >= 0.3 is 5.97 Å². The van der Waals surface area contributed by atoms with Crippen molar-refractivity contribution in [1.29, 1.82) is 0 Å². The summed E-state index contributed by atoms with van der Waals surface area (Å²) in [6, 6.07) is 34.3. The Labute approximate surface area is 249 Å². The molecule has 218 valence electrons. The summed E-state index contributed by atoms with van der Waals surface area (Å²) in [5, 5.41) is 9.37. The van der Waals surface area contributed by atoms with E-state index in [1.807, 2.05) is 24.3 Å². The van der Waals surface area contributed by atoms with Crippen molar-refractivity contribution in [1.82, 2.24) is 4.90 Å². The first-order valence-corrected chi connectivity index (χ1v) is 15.0. The average molecular weight is 564 g/mol. The van der Waals surface area contributed by atoms with Gasteiger partial charge in [0, 0.05) is 19.6 Å². The molecule has 0 heterocycles. The molecule has 1 aliphatic carbocycles. The summed E-state index contributed by atoms with van der Waals surface area (Å²) in [7, 11) is 2.19. The number of carboxylic acid groups (broad SMARTS) is 1. The van der Waals surface area contributed by atoms with Crippen LogP contribution in [0.4, 0.5) is 0 Å². The van der Waals surface area contributed by atoms with Crippen LogP contribution in [0.5, 0.6) is 5.75 Å². The minimum atomic E-state index is -0.940. The van der Waals surface area contributed by atoms with Gasteiger partial charge in [0.25, 0.3) is 0 Å². The van der Waals surface area contributed by atoms with Crippen molar-refractivity contribution in [2.75, 3.05) is 26.8 Å². The van der Waals surface area contributed by atoms with Crippen molar-refractivity contribution in [2.24, 2.45) is 0 Å². The van der Waals surface area contributed by atoms with Crippen molar-refractivity contribution in [3.63, 3.8) is 0 Å². The summed E-state index contributed by atoms with van der Waals surface area (Å²) in [5.74, 6) is -0.162. The van der Waals surface area contributed by atoms with E-state index in [1.165, 1.54) is 33.4 Å². The summed E-state index contributed by atoms with van der Waals surface area (Å²) >= 11 is 0. The van der Waals surface area contributed by atoms with E-state index in [0.29, 0.717) is 19.6 Å². The van der Waals surface area contributed by atoms with Gasteiger partial charge in [-0.1, -0.05) is 84.9 Å². The second-order valence-electron chi connectivity index (χ2n) is 11.0. The fourth-order valence-electron chi connectivity index (χ4n) is 6.10. The number of hydrogen-bond acceptors (Lipinski definition) is 4. The Kier molecular flexibility index (Phi) is 10.1. The fourth-order valence-corrected chi connectivity index (χ4v) is 6.10. The standard InChI is InChI=1S/C37H41NO4/c1-3-41-35(37(39)40)26-28-17-21-31(22-18-28)42-25-24-38(2)36-33-14-8-7-12-30(33)20-23-32-29(13-9-15-34(32)36)19-16-27-10-5-4-6-11-27/h4-15,17-18,21-22,35-36H,3,16,19-20,23-26H2,1-2H3,(H,39,40). The molecule has 0 amide bonds. The second kappa shape index (κ2) is 14.3. The quantitative estimate of drug-likeness (QED) is 0.196. The van der Waals surface area contributed by atoms with Crippen LogP contribution >= 0.6 is 0 Å². The lowest BCUT2D eigenvalue weighted by molar-refractivity contribution is -0.149. The van der Waals surface area contributed by atoms with Crippen LogP contribution in [-0.4, -0.2) is 48.9 Å². The summed E-state index contributed by atoms with van der Waals surface area (Å²) in [4.78, 5) is 13.8. The topological polar surface area (TPSA) is 59.0 Å². The number of likely N-dealkylation sites (N-methyl/N-ethyl adjacent to an activating group) is 1. The first-order valence-electron chi connectivity index (χ1n) is 15.0. The molecule has 0 saturated heterocycles. The summed E-state index contributed by atoms with van der Waals surface area (Å²) in [5.41, 5.74) is 9.43. The van der Waals surface area contributed by atoms with Gasteiger partial charge in [0.05, 0.1) is 6.04 Å². The maximum Gasteiger partial charge on any atom is 0.333 e. The van der Waals surface area contributed by atoms with Crippen LogP contribution in [0.1, 0.15) is 51.9 Å². The highest BCUT2D eigenvalue weighted by molar-refractivity contribution is 5.72. The normalized spacial score (nSPS) is 15.0. The van der Waals surface area contributed by atoms with E-state index in [4.69, 9.17) is 9.47 Å². The minimum Gasteiger partial charge on any atom is -0.492 e. The van der Waals surface area contributed by atoms with Gasteiger partial charge in [-0.05, 0) is 90.7 Å². The van der Waals surface area contributed by atoms with Crippen LogP contribution < -0.4 is 4.74 Å². The number of nitrogens with zero attached hydrogens (tertiary/aromatic N) is 1. The molecule has 42 heavy (non-hydrogen) atoms. The largest absolute Gasteiger partial charge is 0.492 e. The van der Waals surface area contributed by atoms with E-state index in [1.54, 1.807) is 6.92 Å². The van der Waals surface area contributed by atoms with Crippen LogP contribution in [-0.2, 0) is 41.6 Å². The zero-order valence-electron chi connectivity index (χ0n) is 24.7. The number of ether oxygens (including phenoxy) is 2. The number of fused-ring (bicyclic) bond motifs is 2. The molecule has 5 rings (SSSR count). The van der Waals surface area contributed by atoms with E-state index < -0.39 is 12.1 Å². The molecule has 4 aromatic rings. The molecular formula is C37H41NO4. The molecule has 0 radical (unpaired) electrons. The fraction of sp³-hybridized carbons (Fsp3) is 0.324. The smallest absolute Gasteiger partial charge is 0.333 e. The third-order valence-electron chi connectivity index (χ3n) is 8.26. The van der Waals surface area contributed by atoms with E-state index in [2.05, 4.69) is 84.7 Å². The molecule has 2 atom stereocenters. The summed E-state index contributed by atoms with van der Waals surface area (Å²) in [6.45, 7) is 3.49. The molecule has 5 nitrogen and oxygen atoms in total. The van der Waals surface area contributed by atoms with Gasteiger partial charge in [-0.3, -0.25) is 4.90 Å². The number of carbonyl (C=O) groups is 1. The van der Waals surface area contributed by atoms with Crippen LogP contribution in [0.3, 0.4) is 0 Å². The van der Waals surface area contributed by atoms with Crippen molar-refractivity contribution in [3.05, 3.63) is 136 Å². The van der Waals surface area contributed by atoms with Gasteiger partial charge in [-0.25, -0.2) is 4.79 Å². The van der Waals surface area contributed by atoms with Gasteiger partial charge < -0.3 is 14.6 Å². The molecule has 0 bridgehead atoms. The Bertz CT molecular complexity index is 1450. The highest BCUT2D eigenvalue weighted by Gasteiger charge is 2.28. The molecule has 5 heteroatoms. The minimum absolute atomic E-state index is 0.160. The Balaban J connectivity index is 1.28. The Morgan fingerprint density at radius 3 is 2.36 bits per heavy atom. The molecule has 0 saturated carbocycles.